The van der Waals surface area contributed by atoms with Crippen LogP contribution in [0.25, 0.3) is 0 Å². The molecule has 1 aromatic carbocycles. The summed E-state index contributed by atoms with van der Waals surface area (Å²) < 4.78 is 40.1. The van der Waals surface area contributed by atoms with Crippen molar-refractivity contribution < 1.29 is 12.8 Å². The van der Waals surface area contributed by atoms with E-state index >= 15 is 0 Å². The van der Waals surface area contributed by atoms with E-state index in [-0.39, 0.29) is 12.2 Å². The van der Waals surface area contributed by atoms with Crippen molar-refractivity contribution in [3.8, 4) is 0 Å². The van der Waals surface area contributed by atoms with Gasteiger partial charge in [-0.3, -0.25) is 0 Å². The van der Waals surface area contributed by atoms with Crippen LogP contribution in [0.15, 0.2) is 30.5 Å². The maximum Gasteiger partial charge on any atom is 0.322 e. The summed E-state index contributed by atoms with van der Waals surface area (Å²) in [6, 6.07) is 6.30. The van der Waals surface area contributed by atoms with Crippen molar-refractivity contribution in [1.29, 1.82) is 0 Å². The van der Waals surface area contributed by atoms with Crippen LogP contribution in [0.2, 0.25) is 0 Å². The molecular formula is C13H16FN3O2S. The van der Waals surface area contributed by atoms with Crippen molar-refractivity contribution in [2.24, 2.45) is 0 Å². The number of hydrogen-bond donors (Lipinski definition) is 0. The van der Waals surface area contributed by atoms with Gasteiger partial charge in [0.25, 0.3) is 0 Å². The highest BCUT2D eigenvalue weighted by molar-refractivity contribution is 7.87. The van der Waals surface area contributed by atoms with Gasteiger partial charge in [0.1, 0.15) is 5.82 Å². The molecule has 0 bridgehead atoms. The van der Waals surface area contributed by atoms with Crippen LogP contribution in [0, 0.1) is 12.7 Å². The Balaban J connectivity index is 2.49. The fourth-order valence-corrected chi connectivity index (χ4v) is 2.78. The number of aromatic nitrogens is 2. The molecule has 0 unspecified atom stereocenters. The van der Waals surface area contributed by atoms with Gasteiger partial charge in [0.15, 0.2) is 0 Å². The monoisotopic (exact) mass is 297 g/mol. The third-order valence-corrected chi connectivity index (χ3v) is 4.71. The van der Waals surface area contributed by atoms with Crippen molar-refractivity contribution in [1.82, 2.24) is 13.5 Å². The molecule has 5 nitrogen and oxygen atoms in total. The van der Waals surface area contributed by atoms with Crippen molar-refractivity contribution in [3.63, 3.8) is 0 Å². The Bertz CT molecular complexity index is 723. The van der Waals surface area contributed by atoms with Crippen LogP contribution in [-0.2, 0) is 16.6 Å². The van der Waals surface area contributed by atoms with Crippen LogP contribution >= 0.6 is 0 Å². The third kappa shape index (κ3) is 2.59. The zero-order valence-electron chi connectivity index (χ0n) is 11.5. The Kier molecular flexibility index (Phi) is 3.92. The summed E-state index contributed by atoms with van der Waals surface area (Å²) in [7, 11) is -0.844. The Morgan fingerprint density at radius 2 is 1.95 bits per heavy atom. The van der Waals surface area contributed by atoms with E-state index < -0.39 is 10.2 Å². The molecule has 1 aromatic heterocycles. The Hall–Kier alpha value is -1.73. The number of rotatable bonds is 4. The first kappa shape index (κ1) is 14.7. The lowest BCUT2D eigenvalue weighted by molar-refractivity contribution is 0.501. The fourth-order valence-electron chi connectivity index (χ4n) is 1.82. The molecule has 2 rings (SSSR count). The van der Waals surface area contributed by atoms with Gasteiger partial charge in [0.05, 0.1) is 11.9 Å². The minimum absolute atomic E-state index is 0.172. The Morgan fingerprint density at radius 1 is 1.30 bits per heavy atom. The zero-order valence-corrected chi connectivity index (χ0v) is 12.4. The van der Waals surface area contributed by atoms with Crippen LogP contribution < -0.4 is 0 Å². The molecule has 0 aliphatic carbocycles. The van der Waals surface area contributed by atoms with Crippen molar-refractivity contribution >= 4 is 10.2 Å². The SMILES string of the molecule is Cc1cnn(S(=O)(=O)N(C)C)c1Cc1ccccc1F. The van der Waals surface area contributed by atoms with E-state index in [1.165, 1.54) is 26.4 Å². The molecule has 0 radical (unpaired) electrons. The van der Waals surface area contributed by atoms with E-state index in [0.29, 0.717) is 16.8 Å². The summed E-state index contributed by atoms with van der Waals surface area (Å²) in [5, 5.41) is 3.90. The number of benzene rings is 1. The first-order valence-electron chi connectivity index (χ1n) is 6.04. The van der Waals surface area contributed by atoms with Gasteiger partial charge in [-0.25, -0.2) is 4.39 Å². The predicted octanol–water partition coefficient (Wildman–Crippen LogP) is 1.58. The topological polar surface area (TPSA) is 55.2 Å². The Labute approximate surface area is 117 Å². The average Bonchev–Trinajstić information content (AvgIpc) is 2.74. The lowest BCUT2D eigenvalue weighted by Crippen LogP contribution is -2.31. The molecule has 0 N–H and O–H groups in total. The van der Waals surface area contributed by atoms with Gasteiger partial charge in [-0.05, 0) is 24.1 Å². The van der Waals surface area contributed by atoms with E-state index in [1.807, 2.05) is 0 Å². The molecule has 1 heterocycles. The van der Waals surface area contributed by atoms with Gasteiger partial charge in [0.2, 0.25) is 0 Å². The number of aryl methyl sites for hydroxylation is 1. The van der Waals surface area contributed by atoms with Crippen LogP contribution in [-0.4, -0.2) is 36.0 Å². The second-order valence-electron chi connectivity index (χ2n) is 4.68. The Morgan fingerprint density at radius 3 is 2.55 bits per heavy atom. The van der Waals surface area contributed by atoms with Gasteiger partial charge < -0.3 is 0 Å². The summed E-state index contributed by atoms with van der Waals surface area (Å²) in [6.07, 6.45) is 1.64. The molecule has 0 saturated heterocycles. The fraction of sp³-hybridized carbons (Fsp3) is 0.308. The molecule has 0 aliphatic heterocycles. The molecule has 0 amide bonds. The van der Waals surface area contributed by atoms with Gasteiger partial charge in [-0.2, -0.15) is 17.8 Å². The van der Waals surface area contributed by atoms with Gasteiger partial charge >= 0.3 is 10.2 Å². The smallest absolute Gasteiger partial charge is 0.207 e. The largest absolute Gasteiger partial charge is 0.322 e. The van der Waals surface area contributed by atoms with Crippen LogP contribution in [0.4, 0.5) is 4.39 Å². The number of hydrogen-bond acceptors (Lipinski definition) is 3. The lowest BCUT2D eigenvalue weighted by Gasteiger charge is -2.14. The molecule has 2 aromatic rings. The molecule has 0 fully saturated rings. The van der Waals surface area contributed by atoms with E-state index in [4.69, 9.17) is 0 Å². The summed E-state index contributed by atoms with van der Waals surface area (Å²) in [5.41, 5.74) is 1.61. The second-order valence-corrected chi connectivity index (χ2v) is 6.65. The van der Waals surface area contributed by atoms with Crippen LogP contribution in [0.5, 0.6) is 0 Å². The summed E-state index contributed by atoms with van der Waals surface area (Å²) in [5.74, 6) is -0.359. The predicted molar refractivity (Wildman–Crippen MR) is 74.2 cm³/mol. The minimum Gasteiger partial charge on any atom is -0.207 e. The maximum atomic E-state index is 13.7. The standard InChI is InChI=1S/C13H16FN3O2S/c1-10-9-15-17(20(18,19)16(2)3)13(10)8-11-6-4-5-7-12(11)14/h4-7,9H,8H2,1-3H3. The maximum absolute atomic E-state index is 13.7. The molecular weight excluding hydrogens is 281 g/mol. The second kappa shape index (κ2) is 5.34. The van der Waals surface area contributed by atoms with Gasteiger partial charge in [-0.1, -0.05) is 18.2 Å². The molecule has 7 heteroatoms. The van der Waals surface area contributed by atoms with E-state index in [0.717, 1.165) is 8.39 Å². The highest BCUT2D eigenvalue weighted by atomic mass is 32.2. The summed E-state index contributed by atoms with van der Waals surface area (Å²) in [6.45, 7) is 1.75. The molecule has 20 heavy (non-hydrogen) atoms. The van der Waals surface area contributed by atoms with Crippen molar-refractivity contribution in [3.05, 3.63) is 53.1 Å². The average molecular weight is 297 g/mol. The quantitative estimate of drug-likeness (QED) is 0.861. The highest BCUT2D eigenvalue weighted by Gasteiger charge is 2.22. The van der Waals surface area contributed by atoms with Crippen LogP contribution in [0.3, 0.4) is 0 Å². The highest BCUT2D eigenvalue weighted by Crippen LogP contribution is 2.18. The van der Waals surface area contributed by atoms with Crippen LogP contribution in [0.1, 0.15) is 16.8 Å². The summed E-state index contributed by atoms with van der Waals surface area (Å²) >= 11 is 0. The van der Waals surface area contributed by atoms with Crippen molar-refractivity contribution in [2.75, 3.05) is 14.1 Å². The van der Waals surface area contributed by atoms with Gasteiger partial charge in [-0.15, -0.1) is 4.09 Å². The molecule has 0 atom stereocenters. The number of nitrogens with zero attached hydrogens (tertiary/aromatic N) is 3. The molecule has 0 aliphatic rings. The zero-order chi connectivity index (χ0) is 14.9. The van der Waals surface area contributed by atoms with Crippen molar-refractivity contribution in [2.45, 2.75) is 13.3 Å². The number of halogens is 1. The van der Waals surface area contributed by atoms with E-state index in [2.05, 4.69) is 5.10 Å². The molecule has 0 spiro atoms. The first-order valence-corrected chi connectivity index (χ1v) is 7.43. The third-order valence-electron chi connectivity index (χ3n) is 3.04. The van der Waals surface area contributed by atoms with E-state index in [1.54, 1.807) is 25.1 Å². The first-order chi connectivity index (χ1) is 9.34. The minimum atomic E-state index is -3.70. The lowest BCUT2D eigenvalue weighted by atomic mass is 10.1. The normalized spacial score (nSPS) is 12.1. The molecule has 0 saturated carbocycles. The van der Waals surface area contributed by atoms with E-state index in [9.17, 15) is 12.8 Å². The summed E-state index contributed by atoms with van der Waals surface area (Å²) in [4.78, 5) is 0. The molecule has 108 valence electrons. The van der Waals surface area contributed by atoms with Gasteiger partial charge in [0, 0.05) is 20.5 Å².